The Labute approximate surface area is 266 Å². The van der Waals surface area contributed by atoms with E-state index >= 15 is 4.79 Å². The Morgan fingerprint density at radius 2 is 1.82 bits per heavy atom. The molecular formula is C37H46N2O6. The molecule has 2 unspecified atom stereocenters. The number of aliphatic hydroxyl groups is 1. The lowest BCUT2D eigenvalue weighted by Crippen LogP contribution is -2.59. The molecule has 3 aliphatic heterocycles. The van der Waals surface area contributed by atoms with Gasteiger partial charge in [0.25, 0.3) is 5.91 Å². The molecule has 8 heteroatoms. The number of rotatable bonds is 14. The van der Waals surface area contributed by atoms with E-state index in [0.717, 1.165) is 22.4 Å². The van der Waals surface area contributed by atoms with Gasteiger partial charge in [0, 0.05) is 12.2 Å². The Morgan fingerprint density at radius 3 is 2.44 bits per heavy atom. The van der Waals surface area contributed by atoms with Crippen LogP contribution in [0.25, 0.3) is 0 Å². The molecule has 45 heavy (non-hydrogen) atoms. The van der Waals surface area contributed by atoms with E-state index in [1.54, 1.807) is 22.0 Å². The topological polar surface area (TPSA) is 96.4 Å². The summed E-state index contributed by atoms with van der Waals surface area (Å²) in [4.78, 5) is 47.0. The molecule has 2 aromatic carbocycles. The Bertz CT molecular complexity index is 1420. The minimum absolute atomic E-state index is 0.216. The van der Waals surface area contributed by atoms with Crippen LogP contribution in [0.15, 0.2) is 73.8 Å². The fraction of sp³-hybridized carbons (Fsp3) is 0.486. The number of likely N-dealkylation sites (tertiary alicyclic amines) is 1. The van der Waals surface area contributed by atoms with Crippen LogP contribution < -0.4 is 4.90 Å². The summed E-state index contributed by atoms with van der Waals surface area (Å²) in [5.74, 6) is -2.86. The van der Waals surface area contributed by atoms with Crippen molar-refractivity contribution in [2.45, 2.75) is 82.6 Å². The van der Waals surface area contributed by atoms with Crippen molar-refractivity contribution >= 4 is 23.5 Å². The molecule has 6 atom stereocenters. The van der Waals surface area contributed by atoms with Gasteiger partial charge in [0.15, 0.2) is 0 Å². The number of para-hydroxylation sites is 1. The molecule has 8 nitrogen and oxygen atoms in total. The van der Waals surface area contributed by atoms with Gasteiger partial charge in [-0.1, -0.05) is 67.6 Å². The third kappa shape index (κ3) is 5.52. The van der Waals surface area contributed by atoms with E-state index in [1.807, 2.05) is 69.3 Å². The maximum atomic E-state index is 15.1. The monoisotopic (exact) mass is 614 g/mol. The number of carbonyl (C=O) groups is 3. The third-order valence-electron chi connectivity index (χ3n) is 10.1. The average molecular weight is 615 g/mol. The Hall–Kier alpha value is -3.75. The van der Waals surface area contributed by atoms with E-state index in [4.69, 9.17) is 9.47 Å². The van der Waals surface area contributed by atoms with Gasteiger partial charge in [-0.15, -0.1) is 13.2 Å². The molecule has 5 rings (SSSR count). The summed E-state index contributed by atoms with van der Waals surface area (Å²) in [6, 6.07) is 13.7. The number of unbranched alkanes of at least 4 members (excludes halogenated alkanes) is 1. The van der Waals surface area contributed by atoms with Crippen molar-refractivity contribution in [2.24, 2.45) is 11.8 Å². The molecule has 1 spiro atoms. The highest BCUT2D eigenvalue weighted by Gasteiger charge is 2.79. The molecule has 0 aromatic heterocycles. The van der Waals surface area contributed by atoms with Gasteiger partial charge >= 0.3 is 5.97 Å². The highest BCUT2D eigenvalue weighted by atomic mass is 16.6. The van der Waals surface area contributed by atoms with Gasteiger partial charge in [-0.25, -0.2) is 0 Å². The number of aliphatic hydroxyl groups excluding tert-OH is 1. The van der Waals surface area contributed by atoms with Crippen LogP contribution in [0.2, 0.25) is 0 Å². The van der Waals surface area contributed by atoms with Crippen molar-refractivity contribution in [3.8, 4) is 0 Å². The van der Waals surface area contributed by atoms with Crippen molar-refractivity contribution in [3.05, 3.63) is 90.5 Å². The molecule has 2 bridgehead atoms. The lowest BCUT2D eigenvalue weighted by molar-refractivity contribution is -0.162. The molecule has 3 heterocycles. The average Bonchev–Trinajstić information content (AvgIpc) is 3.65. The molecule has 0 aliphatic carbocycles. The number of hydrogen-bond donors (Lipinski definition) is 1. The maximum Gasteiger partial charge on any atom is 0.312 e. The van der Waals surface area contributed by atoms with Crippen LogP contribution in [0.5, 0.6) is 0 Å². The van der Waals surface area contributed by atoms with Crippen LogP contribution in [0.3, 0.4) is 0 Å². The largest absolute Gasteiger partial charge is 0.465 e. The van der Waals surface area contributed by atoms with Crippen LogP contribution in [0, 0.1) is 25.7 Å². The number of amides is 2. The van der Waals surface area contributed by atoms with E-state index in [9.17, 15) is 14.7 Å². The second-order valence-electron chi connectivity index (χ2n) is 12.7. The number of fused-ring (bicyclic) bond motifs is 1. The molecule has 3 fully saturated rings. The first kappa shape index (κ1) is 32.6. The number of esters is 1. The number of allylic oxidation sites excluding steroid dienone is 1. The number of anilines is 1. The van der Waals surface area contributed by atoms with Crippen LogP contribution in [0.1, 0.15) is 55.7 Å². The molecule has 1 N–H and O–H groups in total. The summed E-state index contributed by atoms with van der Waals surface area (Å²) in [6.45, 7) is 13.6. The predicted molar refractivity (Wildman–Crippen MR) is 174 cm³/mol. The number of hydrogen-bond acceptors (Lipinski definition) is 6. The Morgan fingerprint density at radius 1 is 1.11 bits per heavy atom. The SMILES string of the molecule is C=CCCCOC(=O)[C@H]1[C@H]2C(=O)N([C@@H](CO)Cc3ccccc3)C(C(=O)N(CC=C)c3c(C)cccc3C)C23CC[C@]1(CC)O3. The standard InChI is InChI=1S/C37H46N2O6/c1-6-9-13-22-44-35(43)30-29-33(41)39(28(24-40)23-27-17-11-10-12-18-27)32(37(29)20-19-36(30,8-3)45-37)34(42)38(21-7-2)31-25(4)15-14-16-26(31)5/h6-7,10-12,14-18,28-30,32,40H,1-2,8-9,13,19-24H2,3-5H3/t28-,29+,30-,32?,36+,37?/m1/s1. The highest BCUT2D eigenvalue weighted by Crippen LogP contribution is 2.65. The number of benzene rings is 2. The molecule has 3 saturated heterocycles. The third-order valence-corrected chi connectivity index (χ3v) is 10.1. The zero-order valence-electron chi connectivity index (χ0n) is 26.7. The van der Waals surface area contributed by atoms with E-state index < -0.39 is 41.1 Å². The summed E-state index contributed by atoms with van der Waals surface area (Å²) < 4.78 is 12.7. The van der Waals surface area contributed by atoms with Gasteiger partial charge in [0.1, 0.15) is 17.6 Å². The molecule has 240 valence electrons. The zero-order chi connectivity index (χ0) is 32.4. The van der Waals surface area contributed by atoms with Gasteiger partial charge in [-0.2, -0.15) is 0 Å². The van der Waals surface area contributed by atoms with Crippen molar-refractivity contribution in [1.29, 1.82) is 0 Å². The summed E-state index contributed by atoms with van der Waals surface area (Å²) >= 11 is 0. The number of nitrogens with zero attached hydrogens (tertiary/aromatic N) is 2. The molecule has 3 aliphatic rings. The maximum absolute atomic E-state index is 15.1. The summed E-state index contributed by atoms with van der Waals surface area (Å²) in [5, 5.41) is 10.8. The van der Waals surface area contributed by atoms with Crippen molar-refractivity contribution < 1.29 is 29.0 Å². The smallest absolute Gasteiger partial charge is 0.312 e. The lowest BCUT2D eigenvalue weighted by Gasteiger charge is -2.40. The number of aryl methyl sites for hydroxylation is 2. The van der Waals surface area contributed by atoms with Gasteiger partial charge in [0.05, 0.1) is 30.8 Å². The van der Waals surface area contributed by atoms with Crippen LogP contribution in [-0.4, -0.2) is 70.8 Å². The van der Waals surface area contributed by atoms with Crippen LogP contribution >= 0.6 is 0 Å². The fourth-order valence-electron chi connectivity index (χ4n) is 8.11. The fourth-order valence-corrected chi connectivity index (χ4v) is 8.11. The lowest BCUT2D eigenvalue weighted by atomic mass is 9.65. The number of carbonyl (C=O) groups excluding carboxylic acids is 3. The van der Waals surface area contributed by atoms with Gasteiger partial charge < -0.3 is 24.4 Å². The van der Waals surface area contributed by atoms with Crippen LogP contribution in [-0.2, 0) is 30.3 Å². The first-order valence-electron chi connectivity index (χ1n) is 16.1. The quantitative estimate of drug-likeness (QED) is 0.181. The number of ether oxygens (including phenoxy) is 2. The van der Waals surface area contributed by atoms with Crippen molar-refractivity contribution in [1.82, 2.24) is 4.90 Å². The van der Waals surface area contributed by atoms with Gasteiger partial charge in [-0.3, -0.25) is 14.4 Å². The highest BCUT2D eigenvalue weighted by molar-refractivity contribution is 6.05. The molecule has 2 aromatic rings. The van der Waals surface area contributed by atoms with Crippen LogP contribution in [0.4, 0.5) is 5.69 Å². The minimum atomic E-state index is -1.24. The molecular weight excluding hydrogens is 568 g/mol. The van der Waals surface area contributed by atoms with E-state index in [0.29, 0.717) is 38.5 Å². The predicted octanol–water partition coefficient (Wildman–Crippen LogP) is 5.09. The normalized spacial score (nSPS) is 27.2. The van der Waals surface area contributed by atoms with E-state index in [-0.39, 0.29) is 31.6 Å². The van der Waals surface area contributed by atoms with Gasteiger partial charge in [0.2, 0.25) is 5.91 Å². The Kier molecular flexibility index (Phi) is 9.65. The van der Waals surface area contributed by atoms with E-state index in [2.05, 4.69) is 13.2 Å². The molecule has 0 saturated carbocycles. The molecule has 2 amide bonds. The summed E-state index contributed by atoms with van der Waals surface area (Å²) in [7, 11) is 0. The first-order chi connectivity index (χ1) is 21.7. The minimum Gasteiger partial charge on any atom is -0.465 e. The second kappa shape index (κ2) is 13.3. The molecule has 0 radical (unpaired) electrons. The summed E-state index contributed by atoms with van der Waals surface area (Å²) in [6.07, 6.45) is 6.62. The van der Waals surface area contributed by atoms with E-state index in [1.165, 1.54) is 0 Å². The Balaban J connectivity index is 1.63. The zero-order valence-corrected chi connectivity index (χ0v) is 26.7. The second-order valence-corrected chi connectivity index (χ2v) is 12.7. The van der Waals surface area contributed by atoms with Gasteiger partial charge in [-0.05, 0) is 69.1 Å². The van der Waals surface area contributed by atoms with Crippen molar-refractivity contribution in [2.75, 3.05) is 24.7 Å². The van der Waals surface area contributed by atoms with Crippen molar-refractivity contribution in [3.63, 3.8) is 0 Å². The first-order valence-corrected chi connectivity index (χ1v) is 16.1. The summed E-state index contributed by atoms with van der Waals surface area (Å²) in [5.41, 5.74) is 1.37.